The summed E-state index contributed by atoms with van der Waals surface area (Å²) < 4.78 is 0. The van der Waals surface area contributed by atoms with Crippen molar-refractivity contribution in [3.63, 3.8) is 0 Å². The van der Waals surface area contributed by atoms with Crippen LogP contribution in [0.4, 0.5) is 39.8 Å². The van der Waals surface area contributed by atoms with Gasteiger partial charge in [-0.3, -0.25) is 0 Å². The summed E-state index contributed by atoms with van der Waals surface area (Å²) in [7, 11) is 4.20. The molecule has 0 saturated heterocycles. The van der Waals surface area contributed by atoms with Crippen molar-refractivity contribution in [2.75, 3.05) is 28.8 Å². The highest BCUT2D eigenvalue weighted by molar-refractivity contribution is 7.01. The van der Waals surface area contributed by atoms with Crippen molar-refractivity contribution in [2.24, 2.45) is 0 Å². The van der Waals surface area contributed by atoms with Gasteiger partial charge < -0.3 is 14.7 Å². The zero-order chi connectivity index (χ0) is 36.8. The SMILES string of the molecule is CN(C)c1ccc(N2c3cccc4c3B(c3cc5ccc6cccc7ccc(c32)c5c67)c2cc3ccc5cccc6ccc(c2N4c2cncnc2)c3c56)cc1. The molecule has 0 unspecified atom stereocenters. The molecule has 3 heterocycles. The largest absolute Gasteiger partial charge is 0.378 e. The molecule has 0 spiro atoms. The van der Waals surface area contributed by atoms with E-state index in [4.69, 9.17) is 0 Å². The Morgan fingerprint density at radius 1 is 0.464 bits per heavy atom. The van der Waals surface area contributed by atoms with Gasteiger partial charge in [0.1, 0.15) is 6.33 Å². The van der Waals surface area contributed by atoms with Gasteiger partial charge in [0.2, 0.25) is 0 Å². The lowest BCUT2D eigenvalue weighted by Crippen LogP contribution is -2.61. The Bertz CT molecular complexity index is 3380. The van der Waals surface area contributed by atoms with Crippen LogP contribution in [0.15, 0.2) is 158 Å². The number of anilines is 7. The third-order valence-corrected chi connectivity index (χ3v) is 12.6. The molecule has 0 bridgehead atoms. The third kappa shape index (κ3) is 3.80. The van der Waals surface area contributed by atoms with Crippen molar-refractivity contribution in [3.05, 3.63) is 158 Å². The number of aromatic nitrogens is 2. The first-order chi connectivity index (χ1) is 27.6. The summed E-state index contributed by atoms with van der Waals surface area (Å²) in [5, 5.41) is 15.4. The number of nitrogens with zero attached hydrogens (tertiary/aromatic N) is 5. The molecular weight excluding hydrogens is 681 g/mol. The molecular formula is C50H32BN5. The van der Waals surface area contributed by atoms with Gasteiger partial charge in [-0.15, -0.1) is 0 Å². The van der Waals surface area contributed by atoms with Crippen LogP contribution in [0.1, 0.15) is 0 Å². The molecule has 0 N–H and O–H groups in total. The van der Waals surface area contributed by atoms with Crippen LogP contribution in [0.3, 0.4) is 0 Å². The number of hydrogen-bond donors (Lipinski definition) is 0. The first-order valence-electron chi connectivity index (χ1n) is 19.3. The lowest BCUT2D eigenvalue weighted by molar-refractivity contribution is 1.13. The van der Waals surface area contributed by atoms with E-state index in [1.54, 1.807) is 6.33 Å². The van der Waals surface area contributed by atoms with Gasteiger partial charge in [0.15, 0.2) is 0 Å². The van der Waals surface area contributed by atoms with E-state index >= 15 is 0 Å². The van der Waals surface area contributed by atoms with Crippen LogP contribution in [0.2, 0.25) is 0 Å². The van der Waals surface area contributed by atoms with Gasteiger partial charge in [0.05, 0.1) is 18.1 Å². The van der Waals surface area contributed by atoms with Crippen LogP contribution in [0.5, 0.6) is 0 Å². The van der Waals surface area contributed by atoms with Gasteiger partial charge in [-0.05, 0) is 107 Å². The van der Waals surface area contributed by atoms with Crippen LogP contribution in [-0.4, -0.2) is 30.8 Å². The van der Waals surface area contributed by atoms with E-state index in [0.717, 1.165) is 17.1 Å². The molecule has 0 fully saturated rings. The highest BCUT2D eigenvalue weighted by Gasteiger charge is 2.45. The molecule has 0 amide bonds. The van der Waals surface area contributed by atoms with Gasteiger partial charge in [-0.2, -0.15) is 0 Å². The van der Waals surface area contributed by atoms with E-state index in [-0.39, 0.29) is 6.71 Å². The standard InChI is InChI=1S/C50H32BN5/c1-54(2)35-18-20-36(21-19-35)55-42-10-5-11-43-48(42)51(40-24-33-14-12-29-6-3-8-31-16-22-38(49(40)55)46(33)44(29)31)41-25-34-15-13-30-7-4-9-32-17-23-39(47(34)45(30)32)50(41)56(43)37-26-52-28-53-27-37/h3-28H,1-2H3. The van der Waals surface area contributed by atoms with E-state index in [1.807, 2.05) is 12.4 Å². The van der Waals surface area contributed by atoms with Crippen LogP contribution < -0.4 is 31.1 Å². The van der Waals surface area contributed by atoms with Crippen LogP contribution in [-0.2, 0) is 0 Å². The molecule has 2 aliphatic rings. The lowest BCUT2D eigenvalue weighted by atomic mass is 9.33. The Kier molecular flexibility index (Phi) is 5.79. The molecule has 0 atom stereocenters. The second-order valence-electron chi connectivity index (χ2n) is 15.7. The zero-order valence-electron chi connectivity index (χ0n) is 30.8. The Balaban J connectivity index is 1.21. The maximum Gasteiger partial charge on any atom is 0.252 e. The Hall–Kier alpha value is -7.18. The molecule has 0 aliphatic carbocycles. The molecule has 0 radical (unpaired) electrons. The van der Waals surface area contributed by atoms with Crippen LogP contribution in [0.25, 0.3) is 64.6 Å². The van der Waals surface area contributed by atoms with Crippen molar-refractivity contribution < 1.29 is 0 Å². The highest BCUT2D eigenvalue weighted by Crippen LogP contribution is 2.50. The van der Waals surface area contributed by atoms with Crippen LogP contribution in [0, 0.1) is 0 Å². The maximum absolute atomic E-state index is 4.58. The minimum absolute atomic E-state index is 0.0341. The second kappa shape index (κ2) is 10.7. The first kappa shape index (κ1) is 30.2. The Morgan fingerprint density at radius 2 is 0.929 bits per heavy atom. The van der Waals surface area contributed by atoms with Gasteiger partial charge >= 0.3 is 0 Å². The van der Waals surface area contributed by atoms with E-state index in [0.29, 0.717) is 0 Å². The normalized spacial score (nSPS) is 13.4. The number of benzene rings is 10. The Morgan fingerprint density at radius 3 is 1.45 bits per heavy atom. The molecule has 10 aromatic carbocycles. The summed E-state index contributed by atoms with van der Waals surface area (Å²) in [6, 6.07) is 52.8. The van der Waals surface area contributed by atoms with Crippen molar-refractivity contribution in [2.45, 2.75) is 0 Å². The average molecular weight is 714 g/mol. The van der Waals surface area contributed by atoms with Crippen molar-refractivity contribution >= 4 is 128 Å². The predicted molar refractivity (Wildman–Crippen MR) is 238 cm³/mol. The van der Waals surface area contributed by atoms with Gasteiger partial charge in [0.25, 0.3) is 6.71 Å². The molecule has 13 rings (SSSR count). The first-order valence-corrected chi connectivity index (χ1v) is 19.3. The fraction of sp³-hybridized carbons (Fsp3) is 0.0400. The molecule has 56 heavy (non-hydrogen) atoms. The van der Waals surface area contributed by atoms with Gasteiger partial charge in [-0.25, -0.2) is 9.97 Å². The summed E-state index contributed by atoms with van der Waals surface area (Å²) in [6.45, 7) is -0.0341. The minimum Gasteiger partial charge on any atom is -0.378 e. The average Bonchev–Trinajstić information content (AvgIpc) is 3.24. The summed E-state index contributed by atoms with van der Waals surface area (Å²) >= 11 is 0. The number of hydrogen-bond acceptors (Lipinski definition) is 5. The highest BCUT2D eigenvalue weighted by atomic mass is 15.2. The summed E-state index contributed by atoms with van der Waals surface area (Å²) in [5.41, 5.74) is 11.9. The summed E-state index contributed by atoms with van der Waals surface area (Å²) in [5.74, 6) is 0. The quantitative estimate of drug-likeness (QED) is 0.135. The van der Waals surface area contributed by atoms with Crippen molar-refractivity contribution in [1.82, 2.24) is 9.97 Å². The van der Waals surface area contributed by atoms with Gasteiger partial charge in [-0.1, -0.05) is 103 Å². The fourth-order valence-electron chi connectivity index (χ4n) is 10.4. The third-order valence-electron chi connectivity index (χ3n) is 12.6. The second-order valence-corrected chi connectivity index (χ2v) is 15.7. The van der Waals surface area contributed by atoms with Crippen molar-refractivity contribution in [3.8, 4) is 0 Å². The van der Waals surface area contributed by atoms with E-state index < -0.39 is 0 Å². The maximum atomic E-state index is 4.58. The van der Waals surface area contributed by atoms with E-state index in [1.165, 1.54) is 104 Å². The minimum atomic E-state index is -0.0341. The topological polar surface area (TPSA) is 35.5 Å². The number of fused-ring (bicyclic) bond motifs is 6. The summed E-state index contributed by atoms with van der Waals surface area (Å²) in [4.78, 5) is 16.3. The van der Waals surface area contributed by atoms with E-state index in [9.17, 15) is 0 Å². The predicted octanol–water partition coefficient (Wildman–Crippen LogP) is 10.4. The number of rotatable bonds is 3. The molecule has 260 valence electrons. The molecule has 0 saturated carbocycles. The van der Waals surface area contributed by atoms with Crippen LogP contribution >= 0.6 is 0 Å². The molecule has 11 aromatic rings. The molecule has 5 nitrogen and oxygen atoms in total. The Labute approximate surface area is 323 Å². The summed E-state index contributed by atoms with van der Waals surface area (Å²) in [6.07, 6.45) is 5.53. The molecule has 1 aromatic heterocycles. The lowest BCUT2D eigenvalue weighted by Gasteiger charge is -2.45. The molecule has 6 heteroatoms. The molecule has 2 aliphatic heterocycles. The van der Waals surface area contributed by atoms with Crippen molar-refractivity contribution in [1.29, 1.82) is 0 Å². The zero-order valence-corrected chi connectivity index (χ0v) is 30.8. The fourth-order valence-corrected chi connectivity index (χ4v) is 10.4. The van der Waals surface area contributed by atoms with Gasteiger partial charge in [0, 0.05) is 59.0 Å². The monoisotopic (exact) mass is 713 g/mol. The van der Waals surface area contributed by atoms with E-state index in [2.05, 4.69) is 178 Å². The smallest absolute Gasteiger partial charge is 0.252 e.